The SMILES string of the molecule is COc1cc(OC)c(NC(=S)NC2=CC[CH]C(Cl)=C2)cc1Cl. The Morgan fingerprint density at radius 1 is 1.14 bits per heavy atom. The monoisotopic (exact) mass is 357 g/mol. The minimum atomic E-state index is 0.411. The van der Waals surface area contributed by atoms with Gasteiger partial charge in [0.25, 0.3) is 0 Å². The van der Waals surface area contributed by atoms with Crippen molar-refractivity contribution in [2.24, 2.45) is 0 Å². The largest absolute Gasteiger partial charge is 0.495 e. The lowest BCUT2D eigenvalue weighted by Gasteiger charge is -2.17. The molecule has 117 valence electrons. The number of anilines is 1. The van der Waals surface area contributed by atoms with Crippen molar-refractivity contribution >= 4 is 46.2 Å². The van der Waals surface area contributed by atoms with Crippen LogP contribution in [0.3, 0.4) is 0 Å². The second-order valence-electron chi connectivity index (χ2n) is 4.39. The van der Waals surface area contributed by atoms with Gasteiger partial charge in [-0.1, -0.05) is 29.3 Å². The van der Waals surface area contributed by atoms with Crippen LogP contribution in [0.15, 0.2) is 35.0 Å². The van der Waals surface area contributed by atoms with Gasteiger partial charge in [-0.2, -0.15) is 0 Å². The molecule has 0 saturated carbocycles. The quantitative estimate of drug-likeness (QED) is 0.788. The van der Waals surface area contributed by atoms with Crippen molar-refractivity contribution in [2.45, 2.75) is 6.42 Å². The van der Waals surface area contributed by atoms with Gasteiger partial charge in [0.05, 0.1) is 24.9 Å². The van der Waals surface area contributed by atoms with Crippen LogP contribution >= 0.6 is 35.4 Å². The van der Waals surface area contributed by atoms with E-state index >= 15 is 0 Å². The third-order valence-corrected chi connectivity index (χ3v) is 3.69. The first-order valence-corrected chi connectivity index (χ1v) is 7.60. The van der Waals surface area contributed by atoms with E-state index < -0.39 is 0 Å². The average Bonchev–Trinajstić information content (AvgIpc) is 2.47. The Balaban J connectivity index is 2.11. The normalized spacial score (nSPS) is 13.8. The molecular weight excluding hydrogens is 343 g/mol. The van der Waals surface area contributed by atoms with Crippen LogP contribution in [0.5, 0.6) is 11.5 Å². The Kier molecular flexibility index (Phi) is 5.94. The molecule has 1 radical (unpaired) electrons. The van der Waals surface area contributed by atoms with Gasteiger partial charge in [-0.25, -0.2) is 0 Å². The Morgan fingerprint density at radius 3 is 2.50 bits per heavy atom. The summed E-state index contributed by atoms with van der Waals surface area (Å²) in [6, 6.07) is 3.39. The topological polar surface area (TPSA) is 42.5 Å². The number of benzene rings is 1. The molecule has 0 heterocycles. The van der Waals surface area contributed by atoms with E-state index in [4.69, 9.17) is 44.9 Å². The Bertz CT molecular complexity index is 645. The van der Waals surface area contributed by atoms with Crippen LogP contribution in [0, 0.1) is 6.42 Å². The van der Waals surface area contributed by atoms with Gasteiger partial charge < -0.3 is 20.1 Å². The molecule has 1 aromatic rings. The standard InChI is InChI=1S/C15H15Cl2N2O2S/c1-20-13-8-14(21-2)12(7-11(13)17)19-15(22)18-10-5-3-4-9(16)6-10/h4-8H,3H2,1-2H3,(H2,18,19,22). The fraction of sp³-hybridized carbons (Fsp3) is 0.200. The summed E-state index contributed by atoms with van der Waals surface area (Å²) < 4.78 is 10.5. The minimum absolute atomic E-state index is 0.411. The highest BCUT2D eigenvalue weighted by molar-refractivity contribution is 7.80. The number of hydrogen-bond acceptors (Lipinski definition) is 3. The first kappa shape index (κ1) is 16.9. The van der Waals surface area contributed by atoms with E-state index in [2.05, 4.69) is 10.6 Å². The maximum atomic E-state index is 6.13. The molecule has 2 N–H and O–H groups in total. The van der Waals surface area contributed by atoms with Crippen LogP contribution in [0.4, 0.5) is 5.69 Å². The van der Waals surface area contributed by atoms with Crippen molar-refractivity contribution in [1.29, 1.82) is 0 Å². The summed E-state index contributed by atoms with van der Waals surface area (Å²) in [5, 5.41) is 7.67. The number of methoxy groups -OCH3 is 2. The highest BCUT2D eigenvalue weighted by atomic mass is 35.5. The van der Waals surface area contributed by atoms with Gasteiger partial charge in [-0.15, -0.1) is 0 Å². The average molecular weight is 358 g/mol. The molecule has 0 atom stereocenters. The summed E-state index contributed by atoms with van der Waals surface area (Å²) in [7, 11) is 3.11. The van der Waals surface area contributed by atoms with E-state index in [1.54, 1.807) is 32.4 Å². The molecule has 1 aliphatic rings. The molecular formula is C15H15Cl2N2O2S. The predicted octanol–water partition coefficient (Wildman–Crippen LogP) is 4.26. The first-order valence-electron chi connectivity index (χ1n) is 6.43. The van der Waals surface area contributed by atoms with E-state index in [0.29, 0.717) is 32.4 Å². The lowest BCUT2D eigenvalue weighted by Crippen LogP contribution is -2.28. The van der Waals surface area contributed by atoms with E-state index in [0.717, 1.165) is 12.1 Å². The van der Waals surface area contributed by atoms with Crippen LogP contribution in [0.2, 0.25) is 5.02 Å². The Hall–Kier alpha value is -1.43. The molecule has 0 aliphatic heterocycles. The Labute approximate surface area is 145 Å². The summed E-state index contributed by atoms with van der Waals surface area (Å²) >= 11 is 17.4. The molecule has 0 spiro atoms. The maximum Gasteiger partial charge on any atom is 0.175 e. The molecule has 7 heteroatoms. The van der Waals surface area contributed by atoms with Gasteiger partial charge in [0.15, 0.2) is 5.11 Å². The van der Waals surface area contributed by atoms with E-state index in [1.807, 2.05) is 12.5 Å². The molecule has 22 heavy (non-hydrogen) atoms. The minimum Gasteiger partial charge on any atom is -0.495 e. The molecule has 0 amide bonds. The van der Waals surface area contributed by atoms with Gasteiger partial charge >= 0.3 is 0 Å². The van der Waals surface area contributed by atoms with Gasteiger partial charge in [-0.3, -0.25) is 0 Å². The molecule has 4 nitrogen and oxygen atoms in total. The summed E-state index contributed by atoms with van der Waals surface area (Å²) in [5.41, 5.74) is 1.48. The third kappa shape index (κ3) is 4.29. The number of nitrogens with one attached hydrogen (secondary N) is 2. The third-order valence-electron chi connectivity index (χ3n) is 2.92. The van der Waals surface area contributed by atoms with Gasteiger partial charge in [0.1, 0.15) is 11.5 Å². The first-order chi connectivity index (χ1) is 10.5. The molecule has 0 fully saturated rings. The fourth-order valence-corrected chi connectivity index (χ4v) is 2.57. The molecule has 0 bridgehead atoms. The van der Waals surface area contributed by atoms with E-state index in [-0.39, 0.29) is 0 Å². The highest BCUT2D eigenvalue weighted by Gasteiger charge is 2.12. The number of ether oxygens (including phenoxy) is 2. The molecule has 0 unspecified atom stereocenters. The maximum absolute atomic E-state index is 6.13. The van der Waals surface area contributed by atoms with E-state index in [9.17, 15) is 0 Å². The number of allylic oxidation sites excluding steroid dienone is 3. The van der Waals surface area contributed by atoms with Crippen molar-refractivity contribution in [1.82, 2.24) is 5.32 Å². The second kappa shape index (κ2) is 7.72. The van der Waals surface area contributed by atoms with E-state index in [1.165, 1.54) is 0 Å². The van der Waals surface area contributed by atoms with Gasteiger partial charge in [0, 0.05) is 23.2 Å². The van der Waals surface area contributed by atoms with Crippen LogP contribution in [0.1, 0.15) is 6.42 Å². The number of rotatable bonds is 4. The van der Waals surface area contributed by atoms with Gasteiger partial charge in [-0.05, 0) is 30.8 Å². The number of thiocarbonyl (C=S) groups is 1. The highest BCUT2D eigenvalue weighted by Crippen LogP contribution is 2.35. The molecule has 0 aromatic heterocycles. The second-order valence-corrected chi connectivity index (χ2v) is 5.65. The zero-order chi connectivity index (χ0) is 16.1. The van der Waals surface area contributed by atoms with Crippen molar-refractivity contribution in [3.63, 3.8) is 0 Å². The molecule has 0 saturated heterocycles. The van der Waals surface area contributed by atoms with Crippen LogP contribution < -0.4 is 20.1 Å². The fourth-order valence-electron chi connectivity index (χ4n) is 1.89. The number of halogens is 2. The molecule has 2 rings (SSSR count). The molecule has 1 aliphatic carbocycles. The lowest BCUT2D eigenvalue weighted by atomic mass is 10.1. The predicted molar refractivity (Wildman–Crippen MR) is 94.8 cm³/mol. The van der Waals surface area contributed by atoms with Gasteiger partial charge in [0.2, 0.25) is 0 Å². The summed E-state index contributed by atoms with van der Waals surface area (Å²) in [5.74, 6) is 1.10. The van der Waals surface area contributed by atoms with Crippen molar-refractivity contribution in [3.05, 3.63) is 46.5 Å². The lowest BCUT2D eigenvalue weighted by molar-refractivity contribution is 0.396. The summed E-state index contributed by atoms with van der Waals surface area (Å²) in [4.78, 5) is 0. The van der Waals surface area contributed by atoms with Crippen molar-refractivity contribution in [2.75, 3.05) is 19.5 Å². The zero-order valence-electron chi connectivity index (χ0n) is 12.1. The molecule has 1 aromatic carbocycles. The van der Waals surface area contributed by atoms with Crippen molar-refractivity contribution in [3.8, 4) is 11.5 Å². The summed E-state index contributed by atoms with van der Waals surface area (Å²) in [6.45, 7) is 0. The van der Waals surface area contributed by atoms with Crippen molar-refractivity contribution < 1.29 is 9.47 Å². The Morgan fingerprint density at radius 2 is 1.86 bits per heavy atom. The summed E-state index contributed by atoms with van der Waals surface area (Å²) in [6.07, 6.45) is 6.46. The smallest absolute Gasteiger partial charge is 0.175 e. The van der Waals surface area contributed by atoms with Crippen LogP contribution in [-0.4, -0.2) is 19.3 Å². The van der Waals surface area contributed by atoms with Crippen LogP contribution in [0.25, 0.3) is 0 Å². The zero-order valence-corrected chi connectivity index (χ0v) is 14.4. The number of hydrogen-bond donors (Lipinski definition) is 2. The van der Waals surface area contributed by atoms with Crippen LogP contribution in [-0.2, 0) is 0 Å².